The highest BCUT2D eigenvalue weighted by Gasteiger charge is 2.21. The molecule has 17 heavy (non-hydrogen) atoms. The number of rotatable bonds is 1. The molecule has 0 unspecified atom stereocenters. The predicted molar refractivity (Wildman–Crippen MR) is 69.2 cm³/mol. The molecule has 2 aliphatic heterocycles. The number of nitrogens with one attached hydrogen (secondary N) is 1. The molecule has 88 valence electrons. The fraction of sp³-hybridized carbons (Fsp3) is 0.385. The first-order chi connectivity index (χ1) is 8.25. The highest BCUT2D eigenvalue weighted by atomic mass is 79.9. The summed E-state index contributed by atoms with van der Waals surface area (Å²) >= 11 is 3.61. The molecule has 1 fully saturated rings. The number of amides is 1. The van der Waals surface area contributed by atoms with E-state index in [1.54, 1.807) is 6.08 Å². The van der Waals surface area contributed by atoms with E-state index in [4.69, 9.17) is 0 Å². The van der Waals surface area contributed by atoms with Crippen molar-refractivity contribution in [3.63, 3.8) is 0 Å². The summed E-state index contributed by atoms with van der Waals surface area (Å²) in [5.41, 5.74) is 1.26. The topological polar surface area (TPSA) is 41.5 Å². The minimum atomic E-state index is -0.131. The number of halogens is 1. The average molecular weight is 293 g/mol. The lowest BCUT2D eigenvalue weighted by atomic mass is 9.89. The molecule has 0 saturated carbocycles. The zero-order chi connectivity index (χ0) is 11.8. The van der Waals surface area contributed by atoms with Crippen LogP contribution in [0.25, 0.3) is 6.08 Å². The number of hydrogen-bond donors (Lipinski definition) is 1. The van der Waals surface area contributed by atoms with E-state index in [9.17, 15) is 4.79 Å². The number of fused-ring (bicyclic) bond motifs is 1. The van der Waals surface area contributed by atoms with Gasteiger partial charge in [-0.25, -0.2) is 4.99 Å². The van der Waals surface area contributed by atoms with Crippen molar-refractivity contribution in [2.75, 3.05) is 13.1 Å². The van der Waals surface area contributed by atoms with Crippen LogP contribution in [-0.2, 0) is 4.79 Å². The van der Waals surface area contributed by atoms with Gasteiger partial charge in [0.05, 0.1) is 5.36 Å². The second-order valence-electron chi connectivity index (χ2n) is 4.51. The number of benzene rings is 1. The molecule has 1 aromatic rings. The quantitative estimate of drug-likeness (QED) is 0.834. The van der Waals surface area contributed by atoms with Crippen molar-refractivity contribution < 1.29 is 4.79 Å². The summed E-state index contributed by atoms with van der Waals surface area (Å²) in [6, 6.07) is 3.91. The van der Waals surface area contributed by atoms with Crippen LogP contribution in [0.1, 0.15) is 24.3 Å². The van der Waals surface area contributed by atoms with Gasteiger partial charge in [-0.1, -0.05) is 15.9 Å². The smallest absolute Gasteiger partial charge is 0.270 e. The Hall–Kier alpha value is -1.00. The van der Waals surface area contributed by atoms with Gasteiger partial charge in [0, 0.05) is 15.8 Å². The minimum absolute atomic E-state index is 0.131. The van der Waals surface area contributed by atoms with Crippen molar-refractivity contribution in [2.24, 2.45) is 4.99 Å². The van der Waals surface area contributed by atoms with Crippen LogP contribution in [0.4, 0.5) is 0 Å². The summed E-state index contributed by atoms with van der Waals surface area (Å²) in [6.07, 6.45) is 3.91. The van der Waals surface area contributed by atoms with E-state index in [-0.39, 0.29) is 5.91 Å². The van der Waals surface area contributed by atoms with Gasteiger partial charge in [0.15, 0.2) is 0 Å². The van der Waals surface area contributed by atoms with Crippen LogP contribution in [0.15, 0.2) is 21.6 Å². The number of carbonyl (C=O) groups excluding carboxylic acids is 1. The second-order valence-corrected chi connectivity index (χ2v) is 5.37. The molecule has 0 aromatic heterocycles. The van der Waals surface area contributed by atoms with Crippen LogP contribution in [-0.4, -0.2) is 19.0 Å². The maximum Gasteiger partial charge on any atom is 0.270 e. The van der Waals surface area contributed by atoms with Gasteiger partial charge in [-0.05, 0) is 49.5 Å². The lowest BCUT2D eigenvalue weighted by molar-refractivity contribution is -0.112. The van der Waals surface area contributed by atoms with Gasteiger partial charge in [-0.3, -0.25) is 4.79 Å². The van der Waals surface area contributed by atoms with E-state index in [0.717, 1.165) is 41.0 Å². The molecule has 4 heteroatoms. The Morgan fingerprint density at radius 1 is 1.29 bits per heavy atom. The van der Waals surface area contributed by atoms with Crippen LogP contribution >= 0.6 is 15.9 Å². The molecule has 1 amide bonds. The van der Waals surface area contributed by atoms with Gasteiger partial charge in [0.25, 0.3) is 5.91 Å². The molecule has 2 heterocycles. The van der Waals surface area contributed by atoms with E-state index in [1.807, 2.05) is 12.1 Å². The molecule has 0 atom stereocenters. The van der Waals surface area contributed by atoms with Crippen molar-refractivity contribution in [2.45, 2.75) is 18.8 Å². The zero-order valence-electron chi connectivity index (χ0n) is 9.37. The van der Waals surface area contributed by atoms with Gasteiger partial charge < -0.3 is 5.32 Å². The third-order valence-corrected chi connectivity index (χ3v) is 4.15. The summed E-state index contributed by atoms with van der Waals surface area (Å²) in [4.78, 5) is 15.4. The van der Waals surface area contributed by atoms with Gasteiger partial charge in [-0.2, -0.15) is 0 Å². The Morgan fingerprint density at radius 3 is 2.82 bits per heavy atom. The van der Waals surface area contributed by atoms with Crippen LogP contribution in [0.5, 0.6) is 0 Å². The standard InChI is InChI=1S/C13H13BrN2O/c14-10-1-2-11-9(7-12(17)16-11)13(10)8-3-5-15-6-4-8/h1-2,7-8,15H,3-6H2. The Labute approximate surface area is 108 Å². The monoisotopic (exact) mass is 292 g/mol. The molecule has 2 aliphatic rings. The molecule has 1 N–H and O–H groups in total. The SMILES string of the molecule is O=C1C=c2c(C3CCNCC3)c(Br)ccc2=N1. The first-order valence-electron chi connectivity index (χ1n) is 5.89. The van der Waals surface area contributed by atoms with Crippen LogP contribution in [0.2, 0.25) is 0 Å². The van der Waals surface area contributed by atoms with Gasteiger partial charge in [0.2, 0.25) is 0 Å². The van der Waals surface area contributed by atoms with E-state index >= 15 is 0 Å². The molecule has 3 nitrogen and oxygen atoms in total. The predicted octanol–water partition coefficient (Wildman–Crippen LogP) is 0.856. The molecule has 1 saturated heterocycles. The first kappa shape index (κ1) is 11.1. The molecule has 0 spiro atoms. The van der Waals surface area contributed by atoms with Crippen molar-refractivity contribution in [3.8, 4) is 0 Å². The van der Waals surface area contributed by atoms with E-state index in [0.29, 0.717) is 5.92 Å². The fourth-order valence-corrected chi connectivity index (χ4v) is 3.32. The van der Waals surface area contributed by atoms with Crippen LogP contribution in [0, 0.1) is 0 Å². The van der Waals surface area contributed by atoms with E-state index < -0.39 is 0 Å². The highest BCUT2D eigenvalue weighted by molar-refractivity contribution is 9.10. The van der Waals surface area contributed by atoms with Gasteiger partial charge >= 0.3 is 0 Å². The van der Waals surface area contributed by atoms with Gasteiger partial charge in [0.1, 0.15) is 0 Å². The summed E-state index contributed by atoms with van der Waals surface area (Å²) in [5.74, 6) is 0.395. The third kappa shape index (κ3) is 1.96. The molecule has 0 bridgehead atoms. The Balaban J connectivity index is 2.17. The Bertz CT molecular complexity index is 588. The summed E-state index contributed by atoms with van der Waals surface area (Å²) in [6.45, 7) is 2.09. The Kier molecular flexibility index (Phi) is 2.84. The number of nitrogens with zero attached hydrogens (tertiary/aromatic N) is 1. The van der Waals surface area contributed by atoms with Crippen molar-refractivity contribution in [3.05, 3.63) is 32.7 Å². The van der Waals surface area contributed by atoms with Crippen LogP contribution in [0.3, 0.4) is 0 Å². The lowest BCUT2D eigenvalue weighted by Gasteiger charge is -2.24. The molecule has 3 rings (SSSR count). The van der Waals surface area contributed by atoms with E-state index in [2.05, 4.69) is 26.2 Å². The van der Waals surface area contributed by atoms with Crippen LogP contribution < -0.4 is 15.9 Å². The second kappa shape index (κ2) is 4.35. The van der Waals surface area contributed by atoms with E-state index in [1.165, 1.54) is 5.56 Å². The van der Waals surface area contributed by atoms with Crippen molar-refractivity contribution >= 4 is 27.9 Å². The molecule has 0 radical (unpaired) electrons. The molecular formula is C13H13BrN2O. The normalized spacial score (nSPS) is 19.7. The molecule has 1 aromatic carbocycles. The zero-order valence-corrected chi connectivity index (χ0v) is 11.0. The molecular weight excluding hydrogens is 280 g/mol. The Morgan fingerprint density at radius 2 is 2.06 bits per heavy atom. The van der Waals surface area contributed by atoms with Crippen molar-refractivity contribution in [1.29, 1.82) is 0 Å². The maximum atomic E-state index is 11.4. The summed E-state index contributed by atoms with van der Waals surface area (Å²) in [5, 5.41) is 5.21. The fourth-order valence-electron chi connectivity index (χ4n) is 2.65. The van der Waals surface area contributed by atoms with Crippen molar-refractivity contribution in [1.82, 2.24) is 5.32 Å². The lowest BCUT2D eigenvalue weighted by Crippen LogP contribution is -2.33. The number of piperidine rings is 1. The summed E-state index contributed by atoms with van der Waals surface area (Å²) < 4.78 is 1.10. The number of carbonyl (C=O) groups is 1. The van der Waals surface area contributed by atoms with Gasteiger partial charge in [-0.15, -0.1) is 0 Å². The minimum Gasteiger partial charge on any atom is -0.317 e. The highest BCUT2D eigenvalue weighted by Crippen LogP contribution is 2.28. The first-order valence-corrected chi connectivity index (χ1v) is 6.68. The maximum absolute atomic E-state index is 11.4. The average Bonchev–Trinajstić information content (AvgIpc) is 2.70. The third-order valence-electron chi connectivity index (χ3n) is 3.46. The molecule has 0 aliphatic carbocycles. The summed E-state index contributed by atoms with van der Waals surface area (Å²) in [7, 11) is 0. The number of hydrogen-bond acceptors (Lipinski definition) is 2. The largest absolute Gasteiger partial charge is 0.317 e.